The molecule has 2 heterocycles. The number of ether oxygens (including phenoxy) is 3. The van der Waals surface area contributed by atoms with Crippen LogP contribution < -0.4 is 9.47 Å². The van der Waals surface area contributed by atoms with Gasteiger partial charge in [0.25, 0.3) is 6.29 Å². The summed E-state index contributed by atoms with van der Waals surface area (Å²) in [5.74, 6) is 0.749. The van der Waals surface area contributed by atoms with Gasteiger partial charge in [0, 0.05) is 18.3 Å². The van der Waals surface area contributed by atoms with Gasteiger partial charge in [-0.15, -0.1) is 0 Å². The highest BCUT2D eigenvalue weighted by Crippen LogP contribution is 2.42. The summed E-state index contributed by atoms with van der Waals surface area (Å²) in [7, 11) is 0. The lowest BCUT2D eigenvalue weighted by atomic mass is 9.91. The molecule has 122 valence electrons. The van der Waals surface area contributed by atoms with E-state index in [1.165, 1.54) is 0 Å². The zero-order valence-corrected chi connectivity index (χ0v) is 12.4. The first-order chi connectivity index (χ1) is 11.1. The third-order valence-electron chi connectivity index (χ3n) is 4.72. The summed E-state index contributed by atoms with van der Waals surface area (Å²) in [6.45, 7) is 0. The monoisotopic (exact) mass is 318 g/mol. The van der Waals surface area contributed by atoms with Gasteiger partial charge < -0.3 is 24.4 Å². The van der Waals surface area contributed by atoms with Gasteiger partial charge in [-0.3, -0.25) is 4.79 Å². The molecule has 1 saturated carbocycles. The number of rotatable bonds is 3. The van der Waals surface area contributed by atoms with Gasteiger partial charge in [0.05, 0.1) is 12.5 Å². The minimum atomic E-state index is -0.966. The molecule has 6 heteroatoms. The topological polar surface area (TPSA) is 85.2 Å². The van der Waals surface area contributed by atoms with Crippen molar-refractivity contribution in [2.75, 3.05) is 0 Å². The van der Waals surface area contributed by atoms with Crippen LogP contribution in [0, 0.1) is 11.8 Å². The highest BCUT2D eigenvalue weighted by Gasteiger charge is 2.48. The normalized spacial score (nSPS) is 33.9. The summed E-state index contributed by atoms with van der Waals surface area (Å²) in [5.41, 5.74) is 0. The molecule has 1 aromatic rings. The van der Waals surface area contributed by atoms with Crippen LogP contribution in [-0.4, -0.2) is 40.8 Å². The molecule has 0 radical (unpaired) electrons. The molecule has 0 spiro atoms. The van der Waals surface area contributed by atoms with Crippen molar-refractivity contribution in [2.24, 2.45) is 11.8 Å². The van der Waals surface area contributed by atoms with E-state index in [9.17, 15) is 15.0 Å². The lowest BCUT2D eigenvalue weighted by Gasteiger charge is -2.17. The maximum atomic E-state index is 11.4. The van der Waals surface area contributed by atoms with Crippen molar-refractivity contribution in [3.63, 3.8) is 0 Å². The zero-order valence-electron chi connectivity index (χ0n) is 12.4. The second kappa shape index (κ2) is 5.54. The SMILES string of the molecule is O=C1C[C@@H]2[C@@H](/C=C/[C@H](O)C3Oc4ccccc4O3)[C@H](O)C[C@@H]2O1. The number of carbonyl (C=O) groups excluding carboxylic acids is 1. The highest BCUT2D eigenvalue weighted by atomic mass is 16.7. The number of fused-ring (bicyclic) bond motifs is 2. The van der Waals surface area contributed by atoms with Crippen molar-refractivity contribution in [3.05, 3.63) is 36.4 Å². The molecule has 23 heavy (non-hydrogen) atoms. The van der Waals surface area contributed by atoms with Gasteiger partial charge >= 0.3 is 5.97 Å². The van der Waals surface area contributed by atoms with Crippen LogP contribution in [0.2, 0.25) is 0 Å². The molecule has 0 unspecified atom stereocenters. The van der Waals surface area contributed by atoms with E-state index >= 15 is 0 Å². The Kier molecular flexibility index (Phi) is 3.50. The third-order valence-corrected chi connectivity index (χ3v) is 4.72. The molecular formula is C17H18O6. The van der Waals surface area contributed by atoms with E-state index in [2.05, 4.69) is 0 Å². The largest absolute Gasteiger partial charge is 0.462 e. The van der Waals surface area contributed by atoms with Gasteiger partial charge in [0.2, 0.25) is 0 Å². The Labute approximate surface area is 133 Å². The maximum absolute atomic E-state index is 11.4. The average Bonchev–Trinajstić information content (AvgIpc) is 3.17. The number of aliphatic hydroxyl groups is 2. The number of carbonyl (C=O) groups is 1. The van der Waals surface area contributed by atoms with E-state index in [1.54, 1.807) is 24.3 Å². The van der Waals surface area contributed by atoms with E-state index in [1.807, 2.05) is 12.1 Å². The molecular weight excluding hydrogens is 300 g/mol. The molecule has 1 aromatic carbocycles. The average molecular weight is 318 g/mol. The molecule has 0 amide bonds. The molecule has 2 N–H and O–H groups in total. The van der Waals surface area contributed by atoms with E-state index in [-0.39, 0.29) is 23.9 Å². The Balaban J connectivity index is 1.42. The minimum Gasteiger partial charge on any atom is -0.462 e. The molecule has 2 aliphatic heterocycles. The quantitative estimate of drug-likeness (QED) is 0.639. The predicted molar refractivity (Wildman–Crippen MR) is 78.7 cm³/mol. The molecule has 4 rings (SSSR count). The van der Waals surface area contributed by atoms with Crippen LogP contribution in [0.15, 0.2) is 36.4 Å². The highest BCUT2D eigenvalue weighted by molar-refractivity contribution is 5.72. The van der Waals surface area contributed by atoms with Crippen molar-refractivity contribution in [2.45, 2.75) is 37.4 Å². The fourth-order valence-corrected chi connectivity index (χ4v) is 3.58. The van der Waals surface area contributed by atoms with E-state index in [0.717, 1.165) is 0 Å². The van der Waals surface area contributed by atoms with Crippen LogP contribution in [0.25, 0.3) is 0 Å². The molecule has 3 aliphatic rings. The minimum absolute atomic E-state index is 0.0245. The summed E-state index contributed by atoms with van der Waals surface area (Å²) < 4.78 is 16.3. The smallest absolute Gasteiger partial charge is 0.306 e. The standard InChI is InChI=1S/C17H18O6/c18-11(17-22-13-3-1-2-4-14(13)23-17)6-5-9-10-7-16(20)21-15(10)8-12(9)19/h1-6,9-12,15,17-19H,7-8H2/b6-5+/t9-,10-,11+,12-,15+/m1/s1. The maximum Gasteiger partial charge on any atom is 0.306 e. The van der Waals surface area contributed by atoms with Crippen LogP contribution in [0.5, 0.6) is 11.5 Å². The first-order valence-electron chi connectivity index (χ1n) is 7.78. The molecule has 0 bridgehead atoms. The van der Waals surface area contributed by atoms with Crippen LogP contribution in [-0.2, 0) is 9.53 Å². The van der Waals surface area contributed by atoms with Gasteiger partial charge in [-0.25, -0.2) is 0 Å². The zero-order chi connectivity index (χ0) is 16.0. The second-order valence-electron chi connectivity index (χ2n) is 6.20. The Morgan fingerprint density at radius 1 is 1.17 bits per heavy atom. The summed E-state index contributed by atoms with van der Waals surface area (Å²) in [6.07, 6.45) is 1.52. The number of benzene rings is 1. The molecule has 5 atom stereocenters. The number of para-hydroxylation sites is 2. The Hall–Kier alpha value is -2.05. The summed E-state index contributed by atoms with van der Waals surface area (Å²) in [5, 5.41) is 20.4. The van der Waals surface area contributed by atoms with Gasteiger partial charge in [-0.05, 0) is 12.1 Å². The lowest BCUT2D eigenvalue weighted by Crippen LogP contribution is -2.32. The fourth-order valence-electron chi connectivity index (χ4n) is 3.58. The number of hydrogen-bond donors (Lipinski definition) is 2. The predicted octanol–water partition coefficient (Wildman–Crippen LogP) is 1.01. The second-order valence-corrected chi connectivity index (χ2v) is 6.20. The van der Waals surface area contributed by atoms with Crippen molar-refractivity contribution in [1.82, 2.24) is 0 Å². The summed E-state index contributed by atoms with van der Waals surface area (Å²) in [4.78, 5) is 11.4. The lowest BCUT2D eigenvalue weighted by molar-refractivity contribution is -0.141. The number of esters is 1. The Morgan fingerprint density at radius 3 is 2.57 bits per heavy atom. The fraction of sp³-hybridized carbons (Fsp3) is 0.471. The summed E-state index contributed by atoms with van der Waals surface area (Å²) in [6, 6.07) is 7.22. The molecule has 0 aromatic heterocycles. The third kappa shape index (κ3) is 2.58. The van der Waals surface area contributed by atoms with Gasteiger partial charge in [-0.1, -0.05) is 24.3 Å². The van der Waals surface area contributed by atoms with Gasteiger partial charge in [0.15, 0.2) is 11.5 Å². The van der Waals surface area contributed by atoms with Gasteiger partial charge in [-0.2, -0.15) is 0 Å². The number of hydrogen-bond acceptors (Lipinski definition) is 6. The van der Waals surface area contributed by atoms with Crippen molar-refractivity contribution >= 4 is 5.97 Å². The van der Waals surface area contributed by atoms with E-state index in [0.29, 0.717) is 24.3 Å². The van der Waals surface area contributed by atoms with Crippen LogP contribution in [0.3, 0.4) is 0 Å². The van der Waals surface area contributed by atoms with Crippen LogP contribution in [0.1, 0.15) is 12.8 Å². The summed E-state index contributed by atoms with van der Waals surface area (Å²) >= 11 is 0. The van der Waals surface area contributed by atoms with Crippen molar-refractivity contribution in [3.8, 4) is 11.5 Å². The van der Waals surface area contributed by atoms with E-state index in [4.69, 9.17) is 14.2 Å². The van der Waals surface area contributed by atoms with Crippen molar-refractivity contribution < 1.29 is 29.2 Å². The molecule has 1 saturated heterocycles. The van der Waals surface area contributed by atoms with Crippen LogP contribution >= 0.6 is 0 Å². The first kappa shape index (κ1) is 14.5. The Morgan fingerprint density at radius 2 is 1.87 bits per heavy atom. The van der Waals surface area contributed by atoms with E-state index < -0.39 is 18.5 Å². The molecule has 6 nitrogen and oxygen atoms in total. The van der Waals surface area contributed by atoms with Gasteiger partial charge in [0.1, 0.15) is 12.2 Å². The van der Waals surface area contributed by atoms with Crippen molar-refractivity contribution in [1.29, 1.82) is 0 Å². The Bertz CT molecular complexity index is 617. The number of aliphatic hydroxyl groups excluding tert-OH is 2. The van der Waals surface area contributed by atoms with Crippen LogP contribution in [0.4, 0.5) is 0 Å². The molecule has 2 fully saturated rings. The first-order valence-corrected chi connectivity index (χ1v) is 7.78. The molecule has 1 aliphatic carbocycles.